The average Bonchev–Trinajstić information content (AvgIpc) is 3.11. The summed E-state index contributed by atoms with van der Waals surface area (Å²) in [6.07, 6.45) is 8.79. The van der Waals surface area contributed by atoms with E-state index in [0.717, 1.165) is 47.2 Å². The highest BCUT2D eigenvalue weighted by atomic mass is 35.5. The first-order valence-corrected chi connectivity index (χ1v) is 11.8. The predicted octanol–water partition coefficient (Wildman–Crippen LogP) is 6.60. The Labute approximate surface area is 217 Å². The number of aryl methyl sites for hydroxylation is 1. The van der Waals surface area contributed by atoms with Crippen molar-refractivity contribution in [2.24, 2.45) is 0 Å². The monoisotopic (exact) mass is 520 g/mol. The first kappa shape index (κ1) is 31.0. The Morgan fingerprint density at radius 3 is 2.03 bits per heavy atom. The minimum absolute atomic E-state index is 0.250. The fourth-order valence-electron chi connectivity index (χ4n) is 4.38. The van der Waals surface area contributed by atoms with E-state index in [2.05, 4.69) is 56.2 Å². The number of hydrogen-bond acceptors (Lipinski definition) is 3. The van der Waals surface area contributed by atoms with Gasteiger partial charge >= 0.3 is 0 Å². The number of anilines is 1. The molecule has 0 fully saturated rings. The number of nitrogens with zero attached hydrogens (tertiary/aromatic N) is 2. The van der Waals surface area contributed by atoms with Crippen molar-refractivity contribution in [3.8, 4) is 24.0 Å². The van der Waals surface area contributed by atoms with Gasteiger partial charge in [0.1, 0.15) is 16.7 Å². The number of carbonyl (C=O) groups is 1. The lowest BCUT2D eigenvalue weighted by atomic mass is 9.89. The predicted molar refractivity (Wildman–Crippen MR) is 145 cm³/mol. The maximum atomic E-state index is 14.2. The molecule has 36 heavy (non-hydrogen) atoms. The van der Waals surface area contributed by atoms with Crippen molar-refractivity contribution >= 4 is 34.7 Å². The molecule has 3 aromatic rings. The first-order valence-electron chi connectivity index (χ1n) is 11.4. The highest BCUT2D eigenvalue weighted by Crippen LogP contribution is 2.45. The topological polar surface area (TPSA) is 65.7 Å². The number of likely N-dealkylation sites (N-methyl/N-ethyl adjacent to an activating group) is 1. The van der Waals surface area contributed by atoms with Crippen molar-refractivity contribution in [2.75, 3.05) is 18.5 Å². The van der Waals surface area contributed by atoms with Crippen molar-refractivity contribution in [3.63, 3.8) is 0 Å². The molecule has 0 unspecified atom stereocenters. The second-order valence-electron chi connectivity index (χ2n) is 9.33. The minimum atomic E-state index is -0.723. The Morgan fingerprint density at radius 1 is 1.11 bits per heavy atom. The van der Waals surface area contributed by atoms with Gasteiger partial charge in [-0.1, -0.05) is 18.5 Å². The third-order valence-corrected chi connectivity index (χ3v) is 5.94. The van der Waals surface area contributed by atoms with E-state index in [0.29, 0.717) is 5.56 Å². The van der Waals surface area contributed by atoms with E-state index < -0.39 is 22.3 Å². The zero-order chi connectivity index (χ0) is 28.0. The molecule has 8 heteroatoms. The SMILES string of the molecule is C#C.CC(C)(C)O.CCc1c(C)c2c3c(cc(C)n3CCN2C)c1-c1cc(F)c(Cl)c(F)c1.O=CO. The number of carboxylic acid groups (broad SMARTS) is 1. The quantitative estimate of drug-likeness (QED) is 0.227. The number of aliphatic hydroxyl groups is 1. The van der Waals surface area contributed by atoms with Crippen LogP contribution >= 0.6 is 11.6 Å². The van der Waals surface area contributed by atoms with Gasteiger partial charge in [0.15, 0.2) is 0 Å². The van der Waals surface area contributed by atoms with Gasteiger partial charge in [-0.05, 0) is 81.5 Å². The zero-order valence-corrected chi connectivity index (χ0v) is 22.7. The van der Waals surface area contributed by atoms with Gasteiger partial charge in [-0.15, -0.1) is 12.8 Å². The van der Waals surface area contributed by atoms with Gasteiger partial charge in [-0.3, -0.25) is 4.79 Å². The Morgan fingerprint density at radius 2 is 1.58 bits per heavy atom. The molecule has 1 aromatic heterocycles. The minimum Gasteiger partial charge on any atom is -0.483 e. The summed E-state index contributed by atoms with van der Waals surface area (Å²) in [6, 6.07) is 4.83. The van der Waals surface area contributed by atoms with Crippen molar-refractivity contribution in [1.82, 2.24) is 4.57 Å². The summed E-state index contributed by atoms with van der Waals surface area (Å²) in [6.45, 7) is 13.1. The van der Waals surface area contributed by atoms with Crippen LogP contribution in [0.25, 0.3) is 22.0 Å². The lowest BCUT2D eigenvalue weighted by Crippen LogP contribution is -2.29. The summed E-state index contributed by atoms with van der Waals surface area (Å²) in [7, 11) is 2.11. The van der Waals surface area contributed by atoms with Gasteiger partial charge in [-0.25, -0.2) is 8.78 Å². The van der Waals surface area contributed by atoms with Crippen LogP contribution in [0.4, 0.5) is 14.5 Å². The lowest BCUT2D eigenvalue weighted by molar-refractivity contribution is -0.122. The highest BCUT2D eigenvalue weighted by molar-refractivity contribution is 6.31. The van der Waals surface area contributed by atoms with Crippen LogP contribution in [0.3, 0.4) is 0 Å². The average molecular weight is 521 g/mol. The molecule has 0 saturated carbocycles. The molecular weight excluding hydrogens is 486 g/mol. The van der Waals surface area contributed by atoms with Gasteiger partial charge in [-0.2, -0.15) is 0 Å². The first-order chi connectivity index (χ1) is 16.8. The van der Waals surface area contributed by atoms with Crippen molar-refractivity contribution < 1.29 is 23.8 Å². The third kappa shape index (κ3) is 6.77. The molecule has 2 heterocycles. The lowest BCUT2D eigenvalue weighted by Gasteiger charge is -2.31. The number of halogens is 3. The van der Waals surface area contributed by atoms with E-state index in [1.54, 1.807) is 20.8 Å². The molecule has 1 aliphatic heterocycles. The fourth-order valence-corrected chi connectivity index (χ4v) is 4.49. The molecular formula is C28H35ClF2N2O3. The smallest absolute Gasteiger partial charge is 0.290 e. The van der Waals surface area contributed by atoms with Gasteiger partial charge in [0, 0.05) is 31.2 Å². The number of rotatable bonds is 2. The van der Waals surface area contributed by atoms with E-state index in [1.807, 2.05) is 0 Å². The number of benzene rings is 2. The summed E-state index contributed by atoms with van der Waals surface area (Å²) < 4.78 is 30.7. The zero-order valence-electron chi connectivity index (χ0n) is 21.9. The highest BCUT2D eigenvalue weighted by Gasteiger charge is 2.26. The summed E-state index contributed by atoms with van der Waals surface area (Å²) in [4.78, 5) is 10.6. The van der Waals surface area contributed by atoms with Gasteiger partial charge in [0.25, 0.3) is 6.47 Å². The summed E-state index contributed by atoms with van der Waals surface area (Å²) in [5.41, 5.74) is 6.79. The van der Waals surface area contributed by atoms with Crippen LogP contribution in [0.15, 0.2) is 18.2 Å². The van der Waals surface area contributed by atoms with Crippen molar-refractivity contribution in [3.05, 3.63) is 51.7 Å². The molecule has 2 aromatic carbocycles. The van der Waals surface area contributed by atoms with E-state index in [-0.39, 0.29) is 6.47 Å². The van der Waals surface area contributed by atoms with E-state index in [9.17, 15) is 8.78 Å². The molecule has 0 amide bonds. The molecule has 2 N–H and O–H groups in total. The molecule has 0 spiro atoms. The largest absolute Gasteiger partial charge is 0.483 e. The number of hydrogen-bond donors (Lipinski definition) is 2. The Bertz CT molecular complexity index is 1210. The van der Waals surface area contributed by atoms with Crippen LogP contribution in [0.5, 0.6) is 0 Å². The third-order valence-electron chi connectivity index (χ3n) is 5.57. The Kier molecular flexibility index (Phi) is 11.0. The van der Waals surface area contributed by atoms with Crippen LogP contribution in [0, 0.1) is 38.3 Å². The van der Waals surface area contributed by atoms with Crippen molar-refractivity contribution in [2.45, 2.75) is 60.1 Å². The van der Waals surface area contributed by atoms with Crippen molar-refractivity contribution in [1.29, 1.82) is 0 Å². The Hall–Kier alpha value is -3.08. The standard InChI is InChI=1S/C21H21ClF2N2.C4H10O.C2H2.CH2O2/c1-5-14-12(3)20-21-15(8-11(2)26(21)7-6-25(20)4)18(14)13-9-16(23)19(22)17(24)10-13;1-4(2,3)5;1-2;2-1-3/h8-10H,5-7H2,1-4H3;5H,1-3H3;1-2H;1H,(H,2,3). The molecule has 4 rings (SSSR count). The van der Waals surface area contributed by atoms with Gasteiger partial charge < -0.3 is 19.7 Å². The fraction of sp³-hybridized carbons (Fsp3) is 0.393. The second kappa shape index (κ2) is 12.8. The van der Waals surface area contributed by atoms with Gasteiger partial charge in [0.05, 0.1) is 16.8 Å². The van der Waals surface area contributed by atoms with Crippen LogP contribution in [-0.2, 0) is 17.8 Å². The number of aromatic nitrogens is 1. The Balaban J connectivity index is 0.000000561. The van der Waals surface area contributed by atoms with E-state index >= 15 is 0 Å². The molecule has 196 valence electrons. The molecule has 0 bridgehead atoms. The van der Waals surface area contributed by atoms with Crippen LogP contribution in [0.2, 0.25) is 5.02 Å². The molecule has 5 nitrogen and oxygen atoms in total. The maximum absolute atomic E-state index is 14.2. The molecule has 0 radical (unpaired) electrons. The van der Waals surface area contributed by atoms with Gasteiger partial charge in [0.2, 0.25) is 0 Å². The van der Waals surface area contributed by atoms with Crippen LogP contribution < -0.4 is 4.90 Å². The molecule has 0 saturated heterocycles. The van der Waals surface area contributed by atoms with Crippen LogP contribution in [0.1, 0.15) is 44.5 Å². The second-order valence-corrected chi connectivity index (χ2v) is 9.71. The van der Waals surface area contributed by atoms with E-state index in [1.165, 1.54) is 23.4 Å². The van der Waals surface area contributed by atoms with E-state index in [4.69, 9.17) is 26.6 Å². The molecule has 0 atom stereocenters. The normalized spacial score (nSPS) is 12.0. The maximum Gasteiger partial charge on any atom is 0.290 e. The summed E-state index contributed by atoms with van der Waals surface area (Å²) in [5.74, 6) is -1.45. The summed E-state index contributed by atoms with van der Waals surface area (Å²) in [5, 5.41) is 16.0. The number of terminal acetylenes is 1. The summed E-state index contributed by atoms with van der Waals surface area (Å²) >= 11 is 5.70. The molecule has 0 aliphatic carbocycles. The molecule has 1 aliphatic rings. The van der Waals surface area contributed by atoms with Crippen LogP contribution in [-0.4, -0.2) is 40.4 Å².